The number of pyridine rings is 1. The lowest BCUT2D eigenvalue weighted by atomic mass is 10.2. The van der Waals surface area contributed by atoms with Crippen LogP contribution in [-0.2, 0) is 13.6 Å². The van der Waals surface area contributed by atoms with E-state index in [1.807, 2.05) is 41.9 Å². The van der Waals surface area contributed by atoms with Crippen LogP contribution in [-0.4, -0.2) is 65.5 Å². The lowest BCUT2D eigenvalue weighted by Gasteiger charge is -2.35. The summed E-state index contributed by atoms with van der Waals surface area (Å²) in [6.07, 6.45) is 3.89. The SMILES string of the molecule is Cc1c(C(=O)N2CCN(c3ccc(CN(C)C)cn3)CC2)ccn1C. The molecule has 0 unspecified atom stereocenters. The molecule has 0 bridgehead atoms. The average Bonchev–Trinajstić information content (AvgIpc) is 2.94. The first-order valence-corrected chi connectivity index (χ1v) is 8.71. The van der Waals surface area contributed by atoms with Crippen LogP contribution in [0.1, 0.15) is 21.6 Å². The third-order valence-corrected chi connectivity index (χ3v) is 4.81. The van der Waals surface area contributed by atoms with Gasteiger partial charge in [-0.25, -0.2) is 4.98 Å². The molecule has 0 aliphatic carbocycles. The van der Waals surface area contributed by atoms with Crippen molar-refractivity contribution in [3.05, 3.63) is 47.4 Å². The molecule has 0 saturated carbocycles. The first kappa shape index (κ1) is 17.5. The zero-order valence-electron chi connectivity index (χ0n) is 15.6. The van der Waals surface area contributed by atoms with E-state index in [0.717, 1.165) is 49.8 Å². The fourth-order valence-corrected chi connectivity index (χ4v) is 3.21. The summed E-state index contributed by atoms with van der Waals surface area (Å²) >= 11 is 0. The molecule has 2 aromatic heterocycles. The molecule has 1 amide bonds. The molecule has 0 atom stereocenters. The third-order valence-electron chi connectivity index (χ3n) is 4.81. The predicted molar refractivity (Wildman–Crippen MR) is 99.9 cm³/mol. The van der Waals surface area contributed by atoms with Crippen molar-refractivity contribution in [2.75, 3.05) is 45.2 Å². The quantitative estimate of drug-likeness (QED) is 0.850. The highest BCUT2D eigenvalue weighted by atomic mass is 16.2. The normalized spacial score (nSPS) is 15.1. The summed E-state index contributed by atoms with van der Waals surface area (Å²) in [5, 5.41) is 0. The van der Waals surface area contributed by atoms with Crippen LogP contribution in [0.3, 0.4) is 0 Å². The highest BCUT2D eigenvalue weighted by Crippen LogP contribution is 2.17. The summed E-state index contributed by atoms with van der Waals surface area (Å²) in [5.74, 6) is 1.12. The van der Waals surface area contributed by atoms with Gasteiger partial charge in [-0.15, -0.1) is 0 Å². The fourth-order valence-electron chi connectivity index (χ4n) is 3.21. The summed E-state index contributed by atoms with van der Waals surface area (Å²) in [5.41, 5.74) is 3.04. The van der Waals surface area contributed by atoms with Crippen LogP contribution in [0.5, 0.6) is 0 Å². The first-order valence-electron chi connectivity index (χ1n) is 8.71. The summed E-state index contributed by atoms with van der Waals surface area (Å²) in [6, 6.07) is 6.12. The van der Waals surface area contributed by atoms with E-state index in [0.29, 0.717) is 0 Å². The van der Waals surface area contributed by atoms with Crippen molar-refractivity contribution in [2.45, 2.75) is 13.5 Å². The second kappa shape index (κ2) is 7.27. The molecule has 0 N–H and O–H groups in total. The van der Waals surface area contributed by atoms with Gasteiger partial charge in [0.1, 0.15) is 5.82 Å². The standard InChI is InChI=1S/C19H27N5O/c1-15-17(7-8-22(15)4)19(25)24-11-9-23(10-12-24)18-6-5-16(13-20-18)14-21(2)3/h5-8,13H,9-12,14H2,1-4H3. The molecule has 0 aromatic carbocycles. The van der Waals surface area contributed by atoms with Crippen molar-refractivity contribution in [3.63, 3.8) is 0 Å². The summed E-state index contributed by atoms with van der Waals surface area (Å²) in [4.78, 5) is 23.6. The Kier molecular flexibility index (Phi) is 5.08. The van der Waals surface area contributed by atoms with Crippen LogP contribution in [0.25, 0.3) is 0 Å². The van der Waals surface area contributed by atoms with E-state index in [1.54, 1.807) is 0 Å². The topological polar surface area (TPSA) is 44.6 Å². The van der Waals surface area contributed by atoms with E-state index in [4.69, 9.17) is 0 Å². The molecule has 6 nitrogen and oxygen atoms in total. The van der Waals surface area contributed by atoms with Crippen LogP contribution in [0.15, 0.2) is 30.6 Å². The van der Waals surface area contributed by atoms with Crippen molar-refractivity contribution in [3.8, 4) is 0 Å². The van der Waals surface area contributed by atoms with E-state index < -0.39 is 0 Å². The Morgan fingerprint density at radius 1 is 1.16 bits per heavy atom. The summed E-state index contributed by atoms with van der Waals surface area (Å²) < 4.78 is 1.99. The van der Waals surface area contributed by atoms with Gasteiger partial charge < -0.3 is 19.3 Å². The van der Waals surface area contributed by atoms with E-state index >= 15 is 0 Å². The van der Waals surface area contributed by atoms with E-state index in [9.17, 15) is 4.79 Å². The minimum atomic E-state index is 0.132. The lowest BCUT2D eigenvalue weighted by molar-refractivity contribution is 0.0745. The van der Waals surface area contributed by atoms with Gasteiger partial charge in [0.2, 0.25) is 0 Å². The number of piperazine rings is 1. The molecule has 1 aliphatic rings. The van der Waals surface area contributed by atoms with Gasteiger partial charge in [0, 0.05) is 57.9 Å². The number of rotatable bonds is 4. The Bertz CT molecular complexity index is 727. The zero-order chi connectivity index (χ0) is 18.0. The molecule has 1 fully saturated rings. The van der Waals surface area contributed by atoms with Gasteiger partial charge in [0.25, 0.3) is 5.91 Å². The second-order valence-electron chi connectivity index (χ2n) is 6.97. The smallest absolute Gasteiger partial charge is 0.255 e. The van der Waals surface area contributed by atoms with Crippen LogP contribution in [0.4, 0.5) is 5.82 Å². The van der Waals surface area contributed by atoms with Crippen molar-refractivity contribution in [1.29, 1.82) is 0 Å². The van der Waals surface area contributed by atoms with Crippen molar-refractivity contribution < 1.29 is 4.79 Å². The molecule has 2 aromatic rings. The van der Waals surface area contributed by atoms with Gasteiger partial charge in [-0.05, 0) is 38.7 Å². The molecular formula is C19H27N5O. The maximum Gasteiger partial charge on any atom is 0.255 e. The molecular weight excluding hydrogens is 314 g/mol. The van der Waals surface area contributed by atoms with Gasteiger partial charge in [0.05, 0.1) is 5.56 Å². The van der Waals surface area contributed by atoms with Gasteiger partial charge in [-0.2, -0.15) is 0 Å². The van der Waals surface area contributed by atoms with Crippen molar-refractivity contribution >= 4 is 11.7 Å². The monoisotopic (exact) mass is 341 g/mol. The minimum Gasteiger partial charge on any atom is -0.354 e. The highest BCUT2D eigenvalue weighted by molar-refractivity contribution is 5.95. The van der Waals surface area contributed by atoms with Gasteiger partial charge in [-0.1, -0.05) is 6.07 Å². The van der Waals surface area contributed by atoms with E-state index in [2.05, 4.69) is 41.0 Å². The van der Waals surface area contributed by atoms with Crippen LogP contribution < -0.4 is 4.90 Å². The Labute approximate surface area is 149 Å². The molecule has 25 heavy (non-hydrogen) atoms. The number of anilines is 1. The van der Waals surface area contributed by atoms with Crippen molar-refractivity contribution in [2.24, 2.45) is 7.05 Å². The fraction of sp³-hybridized carbons (Fsp3) is 0.474. The molecule has 0 spiro atoms. The number of aryl methyl sites for hydroxylation is 1. The lowest BCUT2D eigenvalue weighted by Crippen LogP contribution is -2.49. The van der Waals surface area contributed by atoms with Crippen LogP contribution >= 0.6 is 0 Å². The number of carbonyl (C=O) groups excluding carboxylic acids is 1. The van der Waals surface area contributed by atoms with E-state index in [-0.39, 0.29) is 5.91 Å². The minimum absolute atomic E-state index is 0.132. The highest BCUT2D eigenvalue weighted by Gasteiger charge is 2.24. The van der Waals surface area contributed by atoms with Gasteiger partial charge in [0.15, 0.2) is 0 Å². The number of hydrogen-bond donors (Lipinski definition) is 0. The Hall–Kier alpha value is -2.34. The molecule has 134 valence electrons. The Morgan fingerprint density at radius 2 is 1.88 bits per heavy atom. The van der Waals surface area contributed by atoms with Gasteiger partial charge in [-0.3, -0.25) is 4.79 Å². The summed E-state index contributed by atoms with van der Waals surface area (Å²) in [7, 11) is 6.08. The molecule has 3 heterocycles. The molecule has 1 saturated heterocycles. The number of carbonyl (C=O) groups is 1. The van der Waals surface area contributed by atoms with Crippen LogP contribution in [0.2, 0.25) is 0 Å². The zero-order valence-corrected chi connectivity index (χ0v) is 15.6. The number of nitrogens with zero attached hydrogens (tertiary/aromatic N) is 5. The molecule has 0 radical (unpaired) electrons. The largest absolute Gasteiger partial charge is 0.354 e. The number of amides is 1. The maximum absolute atomic E-state index is 12.7. The van der Waals surface area contributed by atoms with Crippen molar-refractivity contribution in [1.82, 2.24) is 19.4 Å². The second-order valence-corrected chi connectivity index (χ2v) is 6.97. The van der Waals surface area contributed by atoms with E-state index in [1.165, 1.54) is 5.56 Å². The molecule has 1 aliphatic heterocycles. The maximum atomic E-state index is 12.7. The average molecular weight is 341 g/mol. The van der Waals surface area contributed by atoms with Gasteiger partial charge >= 0.3 is 0 Å². The third kappa shape index (κ3) is 3.85. The predicted octanol–water partition coefficient (Wildman–Crippen LogP) is 1.75. The molecule has 3 rings (SSSR count). The Balaban J connectivity index is 1.60. The molecule has 6 heteroatoms. The number of aromatic nitrogens is 2. The number of hydrogen-bond acceptors (Lipinski definition) is 4. The van der Waals surface area contributed by atoms with Crippen LogP contribution in [0, 0.1) is 6.92 Å². The Morgan fingerprint density at radius 3 is 2.40 bits per heavy atom. The first-order chi connectivity index (χ1) is 12.0. The summed E-state index contributed by atoms with van der Waals surface area (Å²) in [6.45, 7) is 5.98.